The van der Waals surface area contributed by atoms with Crippen LogP contribution in [-0.4, -0.2) is 45.3 Å². The molecule has 0 aliphatic rings. The van der Waals surface area contributed by atoms with E-state index in [9.17, 15) is 26.4 Å². The monoisotopic (exact) mass is 455 g/mol. The third-order valence-electron chi connectivity index (χ3n) is 4.06. The van der Waals surface area contributed by atoms with Crippen molar-refractivity contribution in [2.24, 2.45) is 5.73 Å². The lowest BCUT2D eigenvalue weighted by Crippen LogP contribution is -2.13. The Labute approximate surface area is 176 Å². The lowest BCUT2D eigenvalue weighted by molar-refractivity contribution is -0.136. The molecular formula is C20H25NO7S2. The molecule has 2 aromatic carbocycles. The highest BCUT2D eigenvalue weighted by Gasteiger charge is 2.12. The molecule has 0 aliphatic heterocycles. The molecule has 0 fully saturated rings. The SMILES string of the molecule is CCS(=O)(=O)c1ccc(CC(=O)O)cc1.CCS(=O)(=O)c1ccc(CC(N)=O)cc1. The maximum atomic E-state index is 11.4. The van der Waals surface area contributed by atoms with Crippen molar-refractivity contribution in [3.63, 3.8) is 0 Å². The van der Waals surface area contributed by atoms with Crippen molar-refractivity contribution in [1.29, 1.82) is 0 Å². The first-order valence-electron chi connectivity index (χ1n) is 9.04. The average molecular weight is 456 g/mol. The van der Waals surface area contributed by atoms with Gasteiger partial charge in [-0.05, 0) is 35.4 Å². The summed E-state index contributed by atoms with van der Waals surface area (Å²) in [5.74, 6) is -1.24. The molecule has 0 spiro atoms. The van der Waals surface area contributed by atoms with E-state index in [0.717, 1.165) is 5.56 Å². The van der Waals surface area contributed by atoms with Crippen molar-refractivity contribution in [2.75, 3.05) is 11.5 Å². The van der Waals surface area contributed by atoms with Crippen LogP contribution in [0.25, 0.3) is 0 Å². The fourth-order valence-corrected chi connectivity index (χ4v) is 4.11. The summed E-state index contributed by atoms with van der Waals surface area (Å²) in [6.45, 7) is 3.16. The Hall–Kier alpha value is -2.72. The largest absolute Gasteiger partial charge is 0.481 e. The van der Waals surface area contributed by atoms with Crippen LogP contribution in [0.15, 0.2) is 58.3 Å². The molecule has 0 unspecified atom stereocenters. The molecular weight excluding hydrogens is 430 g/mol. The van der Waals surface area contributed by atoms with Gasteiger partial charge in [0.2, 0.25) is 5.91 Å². The minimum absolute atomic E-state index is 0.0469. The van der Waals surface area contributed by atoms with Crippen LogP contribution in [0.3, 0.4) is 0 Å². The first-order chi connectivity index (χ1) is 13.9. The topological polar surface area (TPSA) is 149 Å². The number of carboxylic acid groups (broad SMARTS) is 1. The molecule has 2 aromatic rings. The number of carboxylic acids is 1. The molecule has 0 aliphatic carbocycles. The van der Waals surface area contributed by atoms with Gasteiger partial charge in [0.1, 0.15) is 0 Å². The molecule has 0 heterocycles. The molecule has 10 heteroatoms. The standard InChI is InChI=1S/C10H13NO3S.C10H12O4S/c2*1-2-15(13,14)9-5-3-8(4-6-9)7-10(11)12/h3-6H,2,7H2,1H3,(H2,11,12);3-6H,2,7H2,1H3,(H,11,12). The number of rotatable bonds is 8. The number of primary amides is 1. The fourth-order valence-electron chi connectivity index (χ4n) is 2.34. The van der Waals surface area contributed by atoms with E-state index in [1.807, 2.05) is 0 Å². The van der Waals surface area contributed by atoms with Gasteiger partial charge >= 0.3 is 5.97 Å². The third kappa shape index (κ3) is 7.96. The zero-order chi connectivity index (χ0) is 22.9. The molecule has 0 aromatic heterocycles. The molecule has 0 atom stereocenters. The van der Waals surface area contributed by atoms with Crippen LogP contribution in [0.5, 0.6) is 0 Å². The second-order valence-electron chi connectivity index (χ2n) is 6.31. The van der Waals surface area contributed by atoms with E-state index in [0.29, 0.717) is 5.56 Å². The minimum atomic E-state index is -3.19. The van der Waals surface area contributed by atoms with E-state index in [1.54, 1.807) is 26.0 Å². The Bertz CT molecular complexity index is 983. The van der Waals surface area contributed by atoms with Crippen LogP contribution >= 0.6 is 0 Å². The zero-order valence-electron chi connectivity index (χ0n) is 16.7. The molecule has 30 heavy (non-hydrogen) atoms. The van der Waals surface area contributed by atoms with Crippen molar-refractivity contribution >= 4 is 31.6 Å². The molecule has 164 valence electrons. The molecule has 0 radical (unpaired) electrons. The Morgan fingerprint density at radius 3 is 1.33 bits per heavy atom. The summed E-state index contributed by atoms with van der Waals surface area (Å²) in [6, 6.07) is 12.1. The van der Waals surface area contributed by atoms with Crippen molar-refractivity contribution in [2.45, 2.75) is 36.5 Å². The van der Waals surface area contributed by atoms with Gasteiger partial charge in [0.05, 0.1) is 34.1 Å². The normalized spacial score (nSPS) is 11.3. The number of carbonyl (C=O) groups is 2. The summed E-state index contributed by atoms with van der Waals surface area (Å²) in [4.78, 5) is 21.5. The Morgan fingerprint density at radius 1 is 0.733 bits per heavy atom. The van der Waals surface area contributed by atoms with Crippen molar-refractivity contribution in [3.05, 3.63) is 59.7 Å². The minimum Gasteiger partial charge on any atom is -0.481 e. The van der Waals surface area contributed by atoms with Gasteiger partial charge in [0, 0.05) is 0 Å². The van der Waals surface area contributed by atoms with Gasteiger partial charge < -0.3 is 10.8 Å². The summed E-state index contributed by atoms with van der Waals surface area (Å²) in [7, 11) is -6.35. The van der Waals surface area contributed by atoms with Gasteiger partial charge in [-0.3, -0.25) is 9.59 Å². The van der Waals surface area contributed by atoms with Crippen LogP contribution in [0.2, 0.25) is 0 Å². The van der Waals surface area contributed by atoms with Crippen molar-refractivity contribution in [1.82, 2.24) is 0 Å². The van der Waals surface area contributed by atoms with Gasteiger partial charge in [-0.1, -0.05) is 38.1 Å². The Balaban J connectivity index is 0.000000300. The Kier molecular flexibility index (Phi) is 9.19. The predicted molar refractivity (Wildman–Crippen MR) is 113 cm³/mol. The van der Waals surface area contributed by atoms with E-state index < -0.39 is 31.6 Å². The van der Waals surface area contributed by atoms with Crippen LogP contribution < -0.4 is 5.73 Å². The smallest absolute Gasteiger partial charge is 0.307 e. The fraction of sp³-hybridized carbons (Fsp3) is 0.300. The second kappa shape index (κ2) is 10.9. The molecule has 2 rings (SSSR count). The van der Waals surface area contributed by atoms with Crippen LogP contribution in [0.4, 0.5) is 0 Å². The molecule has 0 saturated heterocycles. The summed E-state index contributed by atoms with van der Waals surface area (Å²) in [5.41, 5.74) is 6.33. The number of carbonyl (C=O) groups excluding carboxylic acids is 1. The van der Waals surface area contributed by atoms with E-state index >= 15 is 0 Å². The van der Waals surface area contributed by atoms with E-state index in [-0.39, 0.29) is 34.1 Å². The molecule has 8 nitrogen and oxygen atoms in total. The summed E-state index contributed by atoms with van der Waals surface area (Å²) >= 11 is 0. The second-order valence-corrected chi connectivity index (χ2v) is 10.9. The molecule has 3 N–H and O–H groups in total. The number of benzene rings is 2. The highest BCUT2D eigenvalue weighted by atomic mass is 32.2. The number of nitrogens with two attached hydrogens (primary N) is 1. The first kappa shape index (κ1) is 25.3. The quantitative estimate of drug-likeness (QED) is 0.614. The number of aliphatic carboxylic acids is 1. The molecule has 0 saturated carbocycles. The van der Waals surface area contributed by atoms with Gasteiger partial charge in [-0.15, -0.1) is 0 Å². The lowest BCUT2D eigenvalue weighted by atomic mass is 10.1. The van der Waals surface area contributed by atoms with Crippen LogP contribution in [0, 0.1) is 0 Å². The van der Waals surface area contributed by atoms with Crippen LogP contribution in [-0.2, 0) is 42.1 Å². The van der Waals surface area contributed by atoms with Crippen molar-refractivity contribution < 1.29 is 31.5 Å². The van der Waals surface area contributed by atoms with E-state index in [4.69, 9.17) is 10.8 Å². The van der Waals surface area contributed by atoms with E-state index in [2.05, 4.69) is 0 Å². The number of sulfone groups is 2. The zero-order valence-corrected chi connectivity index (χ0v) is 18.4. The highest BCUT2D eigenvalue weighted by molar-refractivity contribution is 7.91. The first-order valence-corrected chi connectivity index (χ1v) is 12.3. The van der Waals surface area contributed by atoms with Crippen LogP contribution in [0.1, 0.15) is 25.0 Å². The van der Waals surface area contributed by atoms with Gasteiger partial charge in [0.15, 0.2) is 19.7 Å². The van der Waals surface area contributed by atoms with Gasteiger partial charge in [-0.25, -0.2) is 16.8 Å². The maximum Gasteiger partial charge on any atom is 0.307 e. The van der Waals surface area contributed by atoms with Gasteiger partial charge in [-0.2, -0.15) is 0 Å². The highest BCUT2D eigenvalue weighted by Crippen LogP contribution is 2.13. The molecule has 1 amide bonds. The third-order valence-corrected chi connectivity index (χ3v) is 7.56. The summed E-state index contributed by atoms with van der Waals surface area (Å²) in [5, 5.41) is 8.52. The number of hydrogen-bond acceptors (Lipinski definition) is 6. The molecule has 0 bridgehead atoms. The number of hydrogen-bond donors (Lipinski definition) is 2. The van der Waals surface area contributed by atoms with Gasteiger partial charge in [0.25, 0.3) is 0 Å². The van der Waals surface area contributed by atoms with E-state index in [1.165, 1.54) is 36.4 Å². The maximum absolute atomic E-state index is 11.4. The lowest BCUT2D eigenvalue weighted by Gasteiger charge is -2.02. The average Bonchev–Trinajstić information content (AvgIpc) is 2.68. The predicted octanol–water partition coefficient (Wildman–Crippen LogP) is 1.62. The van der Waals surface area contributed by atoms with Crippen molar-refractivity contribution in [3.8, 4) is 0 Å². The summed E-state index contributed by atoms with van der Waals surface area (Å²) < 4.78 is 45.7. The summed E-state index contributed by atoms with van der Waals surface area (Å²) in [6.07, 6.45) is 0.0406. The number of amides is 1. The Morgan fingerprint density at radius 2 is 1.07 bits per heavy atom.